The van der Waals surface area contributed by atoms with Crippen LogP contribution in [0.1, 0.15) is 39.2 Å². The van der Waals surface area contributed by atoms with Crippen LogP contribution in [0.25, 0.3) is 10.9 Å². The monoisotopic (exact) mass is 270 g/mol. The SMILES string of the molecule is CCCNC(CCc1cnc2ccccc2c1)C(C)C. The highest BCUT2D eigenvalue weighted by Gasteiger charge is 2.12. The number of nitrogens with zero attached hydrogens (tertiary/aromatic N) is 1. The fourth-order valence-electron chi connectivity index (χ4n) is 2.58. The third-order valence-corrected chi connectivity index (χ3v) is 3.85. The van der Waals surface area contributed by atoms with Gasteiger partial charge in [-0.3, -0.25) is 4.98 Å². The third-order valence-electron chi connectivity index (χ3n) is 3.85. The van der Waals surface area contributed by atoms with Gasteiger partial charge in [-0.25, -0.2) is 0 Å². The Bertz CT molecular complexity index is 534. The van der Waals surface area contributed by atoms with E-state index < -0.39 is 0 Å². The van der Waals surface area contributed by atoms with E-state index in [0.717, 1.165) is 18.5 Å². The van der Waals surface area contributed by atoms with Crippen LogP contribution in [0.5, 0.6) is 0 Å². The van der Waals surface area contributed by atoms with Gasteiger partial charge in [-0.05, 0) is 49.4 Å². The molecule has 0 fully saturated rings. The lowest BCUT2D eigenvalue weighted by atomic mass is 9.96. The zero-order valence-electron chi connectivity index (χ0n) is 12.9. The average Bonchev–Trinajstić information content (AvgIpc) is 2.46. The fourth-order valence-corrected chi connectivity index (χ4v) is 2.58. The minimum Gasteiger partial charge on any atom is -0.314 e. The molecule has 20 heavy (non-hydrogen) atoms. The topological polar surface area (TPSA) is 24.9 Å². The van der Waals surface area contributed by atoms with E-state index in [-0.39, 0.29) is 0 Å². The minimum atomic E-state index is 0.599. The van der Waals surface area contributed by atoms with E-state index in [4.69, 9.17) is 0 Å². The van der Waals surface area contributed by atoms with Crippen LogP contribution in [0, 0.1) is 5.92 Å². The number of benzene rings is 1. The Balaban J connectivity index is 2.00. The van der Waals surface area contributed by atoms with Crippen LogP contribution in [0.2, 0.25) is 0 Å². The number of rotatable bonds is 7. The average molecular weight is 270 g/mol. The standard InChI is InChI=1S/C18H26N2/c1-4-11-19-17(14(2)3)10-9-15-12-16-7-5-6-8-18(16)20-13-15/h5-8,12-14,17,19H,4,9-11H2,1-3H3. The van der Waals surface area contributed by atoms with Gasteiger partial charge in [0, 0.05) is 17.6 Å². The molecule has 1 atom stereocenters. The molecule has 2 heteroatoms. The second-order valence-electron chi connectivity index (χ2n) is 5.88. The molecule has 1 heterocycles. The van der Waals surface area contributed by atoms with Crippen molar-refractivity contribution in [3.63, 3.8) is 0 Å². The molecule has 0 saturated carbocycles. The van der Waals surface area contributed by atoms with Crippen molar-refractivity contribution in [2.45, 2.75) is 46.1 Å². The minimum absolute atomic E-state index is 0.599. The normalized spacial score (nSPS) is 13.0. The summed E-state index contributed by atoms with van der Waals surface area (Å²) >= 11 is 0. The number of para-hydroxylation sites is 1. The molecular weight excluding hydrogens is 244 g/mol. The van der Waals surface area contributed by atoms with E-state index in [0.29, 0.717) is 12.0 Å². The number of fused-ring (bicyclic) bond motifs is 1. The number of aryl methyl sites for hydroxylation is 1. The lowest BCUT2D eigenvalue weighted by Gasteiger charge is -2.22. The fraction of sp³-hybridized carbons (Fsp3) is 0.500. The second-order valence-corrected chi connectivity index (χ2v) is 5.88. The predicted octanol–water partition coefficient (Wildman–Crippen LogP) is 4.19. The molecule has 2 aromatic rings. The summed E-state index contributed by atoms with van der Waals surface area (Å²) in [5, 5.41) is 4.90. The van der Waals surface area contributed by atoms with Gasteiger partial charge in [0.1, 0.15) is 0 Å². The Labute approximate surface area is 122 Å². The van der Waals surface area contributed by atoms with Crippen molar-refractivity contribution < 1.29 is 0 Å². The maximum atomic E-state index is 4.55. The lowest BCUT2D eigenvalue weighted by molar-refractivity contribution is 0.378. The van der Waals surface area contributed by atoms with Gasteiger partial charge in [0.25, 0.3) is 0 Å². The Morgan fingerprint density at radius 2 is 2.00 bits per heavy atom. The Morgan fingerprint density at radius 1 is 1.20 bits per heavy atom. The van der Waals surface area contributed by atoms with Crippen LogP contribution in [0.15, 0.2) is 36.5 Å². The van der Waals surface area contributed by atoms with Gasteiger partial charge in [0.2, 0.25) is 0 Å². The molecule has 0 bridgehead atoms. The molecule has 108 valence electrons. The summed E-state index contributed by atoms with van der Waals surface area (Å²) in [7, 11) is 0. The quantitative estimate of drug-likeness (QED) is 0.816. The number of hydrogen-bond donors (Lipinski definition) is 1. The highest BCUT2D eigenvalue weighted by atomic mass is 14.9. The predicted molar refractivity (Wildman–Crippen MR) is 87.0 cm³/mol. The smallest absolute Gasteiger partial charge is 0.0702 e. The molecule has 0 spiro atoms. The van der Waals surface area contributed by atoms with Gasteiger partial charge < -0.3 is 5.32 Å². The van der Waals surface area contributed by atoms with Gasteiger partial charge in [-0.15, -0.1) is 0 Å². The summed E-state index contributed by atoms with van der Waals surface area (Å²) in [5.74, 6) is 0.676. The van der Waals surface area contributed by atoms with E-state index in [1.165, 1.54) is 23.8 Å². The molecule has 0 saturated heterocycles. The summed E-state index contributed by atoms with van der Waals surface area (Å²) < 4.78 is 0. The van der Waals surface area contributed by atoms with Crippen molar-refractivity contribution in [2.75, 3.05) is 6.54 Å². The van der Waals surface area contributed by atoms with Crippen molar-refractivity contribution >= 4 is 10.9 Å². The van der Waals surface area contributed by atoms with Gasteiger partial charge >= 0.3 is 0 Å². The summed E-state index contributed by atoms with van der Waals surface area (Å²) in [5.41, 5.74) is 2.42. The molecule has 1 N–H and O–H groups in total. The number of nitrogens with one attached hydrogen (secondary N) is 1. The maximum absolute atomic E-state index is 4.55. The number of aromatic nitrogens is 1. The molecule has 0 aliphatic heterocycles. The number of hydrogen-bond acceptors (Lipinski definition) is 2. The zero-order valence-corrected chi connectivity index (χ0v) is 12.9. The van der Waals surface area contributed by atoms with Gasteiger partial charge in [0.05, 0.1) is 5.52 Å². The third kappa shape index (κ3) is 4.04. The van der Waals surface area contributed by atoms with Crippen LogP contribution in [-0.2, 0) is 6.42 Å². The second kappa shape index (κ2) is 7.39. The van der Waals surface area contributed by atoms with Crippen LogP contribution < -0.4 is 5.32 Å². The van der Waals surface area contributed by atoms with Gasteiger partial charge in [-0.2, -0.15) is 0 Å². The van der Waals surface area contributed by atoms with E-state index in [9.17, 15) is 0 Å². The van der Waals surface area contributed by atoms with E-state index in [2.05, 4.69) is 55.3 Å². The summed E-state index contributed by atoms with van der Waals surface area (Å²) in [6.07, 6.45) is 5.50. The molecule has 0 aliphatic carbocycles. The first-order valence-corrected chi connectivity index (χ1v) is 7.77. The van der Waals surface area contributed by atoms with E-state index >= 15 is 0 Å². The Morgan fingerprint density at radius 3 is 2.75 bits per heavy atom. The van der Waals surface area contributed by atoms with Crippen molar-refractivity contribution in [3.05, 3.63) is 42.1 Å². The molecule has 1 unspecified atom stereocenters. The molecule has 0 radical (unpaired) electrons. The van der Waals surface area contributed by atoms with Crippen LogP contribution >= 0.6 is 0 Å². The molecule has 1 aromatic carbocycles. The van der Waals surface area contributed by atoms with Crippen molar-refractivity contribution in [2.24, 2.45) is 5.92 Å². The van der Waals surface area contributed by atoms with Crippen molar-refractivity contribution in [1.82, 2.24) is 10.3 Å². The zero-order chi connectivity index (χ0) is 14.4. The molecule has 1 aromatic heterocycles. The Kier molecular flexibility index (Phi) is 5.54. The molecular formula is C18H26N2. The molecule has 0 aliphatic rings. The first-order valence-electron chi connectivity index (χ1n) is 7.77. The highest BCUT2D eigenvalue weighted by molar-refractivity contribution is 5.78. The summed E-state index contributed by atoms with van der Waals surface area (Å²) in [6, 6.07) is 11.2. The van der Waals surface area contributed by atoms with Crippen LogP contribution in [-0.4, -0.2) is 17.6 Å². The first-order chi connectivity index (χ1) is 9.70. The largest absolute Gasteiger partial charge is 0.314 e. The van der Waals surface area contributed by atoms with Gasteiger partial charge in [0.15, 0.2) is 0 Å². The van der Waals surface area contributed by atoms with Gasteiger partial charge in [-0.1, -0.05) is 39.0 Å². The lowest BCUT2D eigenvalue weighted by Crippen LogP contribution is -2.34. The highest BCUT2D eigenvalue weighted by Crippen LogP contribution is 2.16. The maximum Gasteiger partial charge on any atom is 0.0702 e. The van der Waals surface area contributed by atoms with E-state index in [1.807, 2.05) is 12.3 Å². The molecule has 0 amide bonds. The van der Waals surface area contributed by atoms with Crippen LogP contribution in [0.3, 0.4) is 0 Å². The van der Waals surface area contributed by atoms with Crippen molar-refractivity contribution in [3.8, 4) is 0 Å². The molecule has 2 rings (SSSR count). The van der Waals surface area contributed by atoms with Crippen LogP contribution in [0.4, 0.5) is 0 Å². The number of pyridine rings is 1. The molecule has 2 nitrogen and oxygen atoms in total. The Hall–Kier alpha value is -1.41. The van der Waals surface area contributed by atoms with Crippen molar-refractivity contribution in [1.29, 1.82) is 0 Å². The first kappa shape index (κ1) is 15.0. The van der Waals surface area contributed by atoms with E-state index in [1.54, 1.807) is 0 Å². The summed E-state index contributed by atoms with van der Waals surface area (Å²) in [4.78, 5) is 4.55. The summed E-state index contributed by atoms with van der Waals surface area (Å²) in [6.45, 7) is 7.92.